The van der Waals surface area contributed by atoms with Crippen molar-refractivity contribution in [3.63, 3.8) is 0 Å². The molecule has 0 amide bonds. The molecule has 1 aliphatic carbocycles. The fraction of sp³-hybridized carbons (Fsp3) is 0.429. The SMILES string of the molecule is COc1cc(CN(Cc2cccs2)S(=O)(=O)c2ccc(S(=O)(=O)N[C@H]3CCCC[C@@H]3C)cc2)cc(OC)c1OC. The average molecular weight is 609 g/mol. The van der Waals surface area contributed by atoms with E-state index in [1.165, 1.54) is 61.2 Å². The van der Waals surface area contributed by atoms with Gasteiger partial charge in [0.2, 0.25) is 25.8 Å². The molecule has 0 unspecified atom stereocenters. The maximum Gasteiger partial charge on any atom is 0.243 e. The Kier molecular flexibility index (Phi) is 9.78. The summed E-state index contributed by atoms with van der Waals surface area (Å²) in [7, 11) is -3.30. The van der Waals surface area contributed by atoms with Crippen LogP contribution in [0.2, 0.25) is 0 Å². The lowest BCUT2D eigenvalue weighted by molar-refractivity contribution is 0.310. The molecule has 0 saturated heterocycles. The first-order valence-corrected chi connectivity index (χ1v) is 16.8. The van der Waals surface area contributed by atoms with E-state index in [1.54, 1.807) is 12.1 Å². The molecule has 12 heteroatoms. The maximum atomic E-state index is 13.9. The zero-order valence-corrected chi connectivity index (χ0v) is 25.6. The third-order valence-electron chi connectivity index (χ3n) is 7.19. The molecule has 40 heavy (non-hydrogen) atoms. The highest BCUT2D eigenvalue weighted by molar-refractivity contribution is 7.89. The quantitative estimate of drug-likeness (QED) is 0.307. The normalized spacial score (nSPS) is 18.0. The molecule has 0 bridgehead atoms. The Morgan fingerprint density at radius 1 is 0.875 bits per heavy atom. The Morgan fingerprint density at radius 2 is 1.50 bits per heavy atom. The zero-order valence-electron chi connectivity index (χ0n) is 23.1. The van der Waals surface area contributed by atoms with Crippen LogP contribution in [0.15, 0.2) is 63.7 Å². The molecule has 4 rings (SSSR count). The number of rotatable bonds is 12. The van der Waals surface area contributed by atoms with Crippen molar-refractivity contribution in [3.8, 4) is 17.2 Å². The summed E-state index contributed by atoms with van der Waals surface area (Å²) in [5, 5.41) is 1.89. The summed E-state index contributed by atoms with van der Waals surface area (Å²) in [4.78, 5) is 0.904. The summed E-state index contributed by atoms with van der Waals surface area (Å²) in [6.45, 7) is 2.22. The number of thiophene rings is 1. The number of ether oxygens (including phenoxy) is 3. The Morgan fingerprint density at radius 3 is 2.05 bits per heavy atom. The molecule has 3 aromatic rings. The number of methoxy groups -OCH3 is 3. The number of hydrogen-bond donors (Lipinski definition) is 1. The van der Waals surface area contributed by atoms with Gasteiger partial charge in [0.1, 0.15) is 0 Å². The predicted octanol–water partition coefficient (Wildman–Crippen LogP) is 5.02. The van der Waals surface area contributed by atoms with E-state index >= 15 is 0 Å². The van der Waals surface area contributed by atoms with E-state index in [9.17, 15) is 16.8 Å². The van der Waals surface area contributed by atoms with Crippen LogP contribution in [0.1, 0.15) is 43.0 Å². The summed E-state index contributed by atoms with van der Waals surface area (Å²) in [6.07, 6.45) is 3.87. The van der Waals surface area contributed by atoms with Crippen molar-refractivity contribution in [1.82, 2.24) is 9.03 Å². The molecular formula is C28H36N2O7S3. The van der Waals surface area contributed by atoms with E-state index in [-0.39, 0.29) is 34.8 Å². The third-order valence-corrected chi connectivity index (χ3v) is 11.4. The maximum absolute atomic E-state index is 13.9. The molecule has 9 nitrogen and oxygen atoms in total. The van der Waals surface area contributed by atoms with Crippen molar-refractivity contribution >= 4 is 31.4 Å². The molecule has 1 fully saturated rings. The second kappa shape index (κ2) is 12.9. The van der Waals surface area contributed by atoms with Crippen LogP contribution in [0.4, 0.5) is 0 Å². The molecule has 2 atom stereocenters. The van der Waals surface area contributed by atoms with Crippen molar-refractivity contribution in [3.05, 3.63) is 64.4 Å². The molecule has 0 spiro atoms. The molecule has 1 aromatic heterocycles. The fourth-order valence-electron chi connectivity index (χ4n) is 4.93. The Labute approximate surface area is 241 Å². The van der Waals surface area contributed by atoms with Gasteiger partial charge in [-0.25, -0.2) is 21.6 Å². The van der Waals surface area contributed by atoms with E-state index in [1.807, 2.05) is 17.5 Å². The number of benzene rings is 2. The van der Waals surface area contributed by atoms with E-state index in [4.69, 9.17) is 14.2 Å². The van der Waals surface area contributed by atoms with Gasteiger partial charge in [0.15, 0.2) is 11.5 Å². The first-order chi connectivity index (χ1) is 19.1. The molecule has 2 aromatic carbocycles. The van der Waals surface area contributed by atoms with Gasteiger partial charge in [0.05, 0.1) is 31.1 Å². The molecule has 1 heterocycles. The monoisotopic (exact) mass is 608 g/mol. The first-order valence-electron chi connectivity index (χ1n) is 13.0. The van der Waals surface area contributed by atoms with E-state index in [0.717, 1.165) is 30.6 Å². The molecule has 218 valence electrons. The minimum absolute atomic E-state index is 0.00137. The number of sulfonamides is 2. The molecular weight excluding hydrogens is 573 g/mol. The van der Waals surface area contributed by atoms with Gasteiger partial charge in [-0.05, 0) is 72.2 Å². The van der Waals surface area contributed by atoms with E-state index in [0.29, 0.717) is 22.8 Å². The van der Waals surface area contributed by atoms with Gasteiger partial charge in [-0.2, -0.15) is 4.31 Å². The fourth-order valence-corrected chi connectivity index (χ4v) is 8.52. The van der Waals surface area contributed by atoms with Gasteiger partial charge in [0.25, 0.3) is 0 Å². The molecule has 0 aliphatic heterocycles. The summed E-state index contributed by atoms with van der Waals surface area (Å²) in [5.74, 6) is 1.50. The second-order valence-electron chi connectivity index (χ2n) is 9.85. The number of hydrogen-bond acceptors (Lipinski definition) is 8. The lowest BCUT2D eigenvalue weighted by Gasteiger charge is -2.29. The van der Waals surface area contributed by atoms with Gasteiger partial charge in [0, 0.05) is 24.0 Å². The van der Waals surface area contributed by atoms with Crippen molar-refractivity contribution in [2.75, 3.05) is 21.3 Å². The Balaban J connectivity index is 1.63. The smallest absolute Gasteiger partial charge is 0.243 e. The zero-order chi connectivity index (χ0) is 28.9. The summed E-state index contributed by atoms with van der Waals surface area (Å²) >= 11 is 1.45. The summed E-state index contributed by atoms with van der Waals surface area (Å²) in [6, 6.07) is 12.5. The van der Waals surface area contributed by atoms with Gasteiger partial charge in [-0.3, -0.25) is 0 Å². The standard InChI is InChI=1S/C28H36N2O7S3/c1-20-8-5-6-10-25(20)29-39(31,32)23-11-13-24(14-12-23)40(33,34)30(19-22-9-7-15-38-22)18-21-16-26(35-2)28(37-4)27(17-21)36-3/h7,9,11-17,20,25,29H,5-6,8,10,18-19H2,1-4H3/t20-,25-/m0/s1. The number of nitrogens with zero attached hydrogens (tertiary/aromatic N) is 1. The highest BCUT2D eigenvalue weighted by Gasteiger charge is 2.29. The van der Waals surface area contributed by atoms with Crippen LogP contribution in [0.25, 0.3) is 0 Å². The molecule has 1 aliphatic rings. The summed E-state index contributed by atoms with van der Waals surface area (Å²) < 4.78 is 74.4. The largest absolute Gasteiger partial charge is 0.493 e. The van der Waals surface area contributed by atoms with Crippen LogP contribution in [-0.2, 0) is 33.1 Å². The minimum atomic E-state index is -4.02. The molecule has 1 saturated carbocycles. The average Bonchev–Trinajstić information content (AvgIpc) is 3.46. The third kappa shape index (κ3) is 6.80. The lowest BCUT2D eigenvalue weighted by atomic mass is 9.87. The molecule has 0 radical (unpaired) electrons. The van der Waals surface area contributed by atoms with Crippen molar-refractivity contribution < 1.29 is 31.0 Å². The lowest BCUT2D eigenvalue weighted by Crippen LogP contribution is -2.40. The van der Waals surface area contributed by atoms with Crippen LogP contribution >= 0.6 is 11.3 Å². The topological polar surface area (TPSA) is 111 Å². The minimum Gasteiger partial charge on any atom is -0.493 e. The van der Waals surface area contributed by atoms with Crippen LogP contribution < -0.4 is 18.9 Å². The van der Waals surface area contributed by atoms with Gasteiger partial charge < -0.3 is 14.2 Å². The van der Waals surface area contributed by atoms with Crippen molar-refractivity contribution in [1.29, 1.82) is 0 Å². The van der Waals surface area contributed by atoms with Gasteiger partial charge >= 0.3 is 0 Å². The van der Waals surface area contributed by atoms with Crippen molar-refractivity contribution in [2.45, 2.75) is 61.5 Å². The van der Waals surface area contributed by atoms with Gasteiger partial charge in [-0.1, -0.05) is 25.8 Å². The van der Waals surface area contributed by atoms with Crippen LogP contribution in [-0.4, -0.2) is 48.5 Å². The van der Waals surface area contributed by atoms with Crippen molar-refractivity contribution in [2.24, 2.45) is 5.92 Å². The van der Waals surface area contributed by atoms with Crippen LogP contribution in [0, 0.1) is 5.92 Å². The van der Waals surface area contributed by atoms with E-state index < -0.39 is 20.0 Å². The Bertz CT molecular complexity index is 1460. The molecule has 1 N–H and O–H groups in total. The summed E-state index contributed by atoms with van der Waals surface area (Å²) in [5.41, 5.74) is 0.639. The van der Waals surface area contributed by atoms with Crippen LogP contribution in [0.3, 0.4) is 0 Å². The van der Waals surface area contributed by atoms with E-state index in [2.05, 4.69) is 11.6 Å². The highest BCUT2D eigenvalue weighted by Crippen LogP contribution is 2.39. The van der Waals surface area contributed by atoms with Crippen LogP contribution in [0.5, 0.6) is 17.2 Å². The number of nitrogens with one attached hydrogen (secondary N) is 1. The first kappa shape index (κ1) is 30.3. The Hall–Kier alpha value is -2.64. The predicted molar refractivity (Wildman–Crippen MR) is 155 cm³/mol. The van der Waals surface area contributed by atoms with Gasteiger partial charge in [-0.15, -0.1) is 11.3 Å². The second-order valence-corrected chi connectivity index (χ2v) is 14.5. The highest BCUT2D eigenvalue weighted by atomic mass is 32.2.